The Hall–Kier alpha value is -1.88. The molecule has 0 aliphatic carbocycles. The van der Waals surface area contributed by atoms with Crippen LogP contribution in [0.2, 0.25) is 0 Å². The number of urea groups is 1. The van der Waals surface area contributed by atoms with E-state index in [0.29, 0.717) is 0 Å². The zero-order valence-electron chi connectivity index (χ0n) is 15.0. The second-order valence-corrected chi connectivity index (χ2v) is 7.30. The molecule has 3 aliphatic rings. The number of benzene rings is 1. The molecule has 5 atom stereocenters. The van der Waals surface area contributed by atoms with Crippen LogP contribution in [0, 0.1) is 0 Å². The highest BCUT2D eigenvalue weighted by molar-refractivity contribution is 5.89. The Morgan fingerprint density at radius 3 is 2.71 bits per heavy atom. The fourth-order valence-corrected chi connectivity index (χ4v) is 4.10. The summed E-state index contributed by atoms with van der Waals surface area (Å²) in [5, 5.41) is 15.9. The van der Waals surface area contributed by atoms with Crippen molar-refractivity contribution < 1.29 is 32.5 Å². The molecular weight excluding hydrogens is 379 g/mol. The number of carbonyl (C=O) groups is 1. The largest absolute Gasteiger partial charge is 0.416 e. The number of ether oxygens (including phenoxy) is 2. The van der Waals surface area contributed by atoms with Gasteiger partial charge in [-0.25, -0.2) is 4.79 Å². The average molecular weight is 401 g/mol. The molecule has 7 nitrogen and oxygen atoms in total. The second kappa shape index (κ2) is 7.51. The number of halogens is 3. The molecule has 3 N–H and O–H groups in total. The smallest absolute Gasteiger partial charge is 0.389 e. The van der Waals surface area contributed by atoms with Gasteiger partial charge < -0.3 is 25.2 Å². The summed E-state index contributed by atoms with van der Waals surface area (Å²) in [7, 11) is 0. The van der Waals surface area contributed by atoms with Gasteiger partial charge in [0.05, 0.1) is 30.4 Å². The van der Waals surface area contributed by atoms with E-state index < -0.39 is 42.3 Å². The topological polar surface area (TPSA) is 83.1 Å². The number of carbonyl (C=O) groups excluding carboxylic acids is 1. The number of fused-ring (bicyclic) bond motifs is 2. The SMILES string of the molecule is O=C(Nc1cccc(C(F)(F)F)c1)N[C@@H]1[C@H](O)[C@@H](N2CCCC2)[C@@H]2OC[C@@H]1O2. The van der Waals surface area contributed by atoms with Gasteiger partial charge in [-0.05, 0) is 44.1 Å². The fraction of sp³-hybridized carbons (Fsp3) is 0.611. The Balaban J connectivity index is 1.43. The zero-order chi connectivity index (χ0) is 19.9. The van der Waals surface area contributed by atoms with Crippen LogP contribution in [-0.4, -0.2) is 66.3 Å². The lowest BCUT2D eigenvalue weighted by Gasteiger charge is -2.42. The van der Waals surface area contributed by atoms with E-state index in [1.54, 1.807) is 0 Å². The lowest BCUT2D eigenvalue weighted by Crippen LogP contribution is -2.65. The van der Waals surface area contributed by atoms with Crippen LogP contribution in [0.3, 0.4) is 0 Å². The highest BCUT2D eigenvalue weighted by atomic mass is 19.4. The van der Waals surface area contributed by atoms with E-state index in [9.17, 15) is 23.1 Å². The van der Waals surface area contributed by atoms with Gasteiger partial charge in [0.1, 0.15) is 6.10 Å². The van der Waals surface area contributed by atoms with Crippen molar-refractivity contribution in [3.63, 3.8) is 0 Å². The number of anilines is 1. The summed E-state index contributed by atoms with van der Waals surface area (Å²) in [6.07, 6.45) is -4.41. The van der Waals surface area contributed by atoms with Crippen LogP contribution in [0.5, 0.6) is 0 Å². The predicted molar refractivity (Wildman–Crippen MR) is 92.6 cm³/mol. The van der Waals surface area contributed by atoms with Crippen LogP contribution < -0.4 is 10.6 Å². The summed E-state index contributed by atoms with van der Waals surface area (Å²) in [6.45, 7) is 1.87. The first-order chi connectivity index (χ1) is 13.3. The maximum Gasteiger partial charge on any atom is 0.416 e. The van der Waals surface area contributed by atoms with E-state index in [-0.39, 0.29) is 18.3 Å². The lowest BCUT2D eigenvalue weighted by molar-refractivity contribution is -0.177. The number of nitrogens with zero attached hydrogens (tertiary/aromatic N) is 1. The van der Waals surface area contributed by atoms with Crippen LogP contribution in [0.25, 0.3) is 0 Å². The van der Waals surface area contributed by atoms with Crippen LogP contribution in [0.4, 0.5) is 23.7 Å². The third kappa shape index (κ3) is 3.82. The van der Waals surface area contributed by atoms with Gasteiger partial charge >= 0.3 is 12.2 Å². The number of alkyl halides is 3. The molecule has 28 heavy (non-hydrogen) atoms. The van der Waals surface area contributed by atoms with E-state index in [1.165, 1.54) is 12.1 Å². The zero-order valence-corrected chi connectivity index (χ0v) is 15.0. The van der Waals surface area contributed by atoms with E-state index in [1.807, 2.05) is 0 Å². The molecule has 3 fully saturated rings. The molecule has 2 bridgehead atoms. The highest BCUT2D eigenvalue weighted by Crippen LogP contribution is 2.33. The minimum absolute atomic E-state index is 0.00943. The van der Waals surface area contributed by atoms with Crippen molar-refractivity contribution in [1.82, 2.24) is 10.2 Å². The van der Waals surface area contributed by atoms with Gasteiger partial charge in [-0.2, -0.15) is 13.2 Å². The number of rotatable bonds is 3. The van der Waals surface area contributed by atoms with Gasteiger partial charge in [0, 0.05) is 5.69 Å². The Labute approximate surface area is 159 Å². The van der Waals surface area contributed by atoms with Gasteiger partial charge in [0.25, 0.3) is 0 Å². The maximum absolute atomic E-state index is 12.8. The molecule has 0 saturated carbocycles. The number of aliphatic hydroxyl groups is 1. The molecule has 3 heterocycles. The first-order valence-electron chi connectivity index (χ1n) is 9.27. The van der Waals surface area contributed by atoms with Crippen LogP contribution in [0.15, 0.2) is 24.3 Å². The minimum Gasteiger partial charge on any atom is -0.389 e. The van der Waals surface area contributed by atoms with Crippen molar-refractivity contribution in [2.75, 3.05) is 25.0 Å². The molecule has 0 radical (unpaired) electrons. The quantitative estimate of drug-likeness (QED) is 0.719. The number of nitrogens with one attached hydrogen (secondary N) is 2. The van der Waals surface area contributed by atoms with E-state index in [0.717, 1.165) is 38.1 Å². The summed E-state index contributed by atoms with van der Waals surface area (Å²) < 4.78 is 49.9. The monoisotopic (exact) mass is 401 g/mol. The molecule has 1 aromatic rings. The standard InChI is InChI=1S/C18H22F3N3O4/c19-18(20,21)10-4-3-5-11(8-10)22-17(26)23-13-12-9-27-16(28-12)14(15(13)25)24-6-1-2-7-24/h3-5,8,12-16,25H,1-2,6-7,9H2,(H2,22,23,26)/t12-,13-,14+,15-,16+/m0/s1. The molecular formula is C18H22F3N3O4. The maximum atomic E-state index is 12.8. The molecule has 1 aromatic carbocycles. The third-order valence-electron chi connectivity index (χ3n) is 5.44. The van der Waals surface area contributed by atoms with Crippen LogP contribution in [0.1, 0.15) is 18.4 Å². The number of amides is 2. The minimum atomic E-state index is -4.50. The number of aliphatic hydroxyl groups excluding tert-OH is 1. The number of hydrogen-bond donors (Lipinski definition) is 3. The van der Waals surface area contributed by atoms with Gasteiger partial charge in [-0.15, -0.1) is 0 Å². The van der Waals surface area contributed by atoms with Gasteiger partial charge in [-0.3, -0.25) is 4.90 Å². The molecule has 10 heteroatoms. The predicted octanol–water partition coefficient (Wildman–Crippen LogP) is 1.78. The number of likely N-dealkylation sites (tertiary alicyclic amines) is 1. The van der Waals surface area contributed by atoms with Crippen molar-refractivity contribution in [1.29, 1.82) is 0 Å². The first kappa shape index (κ1) is 19.4. The Morgan fingerprint density at radius 1 is 1.25 bits per heavy atom. The Morgan fingerprint density at radius 2 is 2.00 bits per heavy atom. The Kier molecular flexibility index (Phi) is 5.21. The van der Waals surface area contributed by atoms with Gasteiger partial charge in [0.15, 0.2) is 6.29 Å². The second-order valence-electron chi connectivity index (χ2n) is 7.30. The Bertz CT molecular complexity index is 724. The third-order valence-corrected chi connectivity index (χ3v) is 5.44. The van der Waals surface area contributed by atoms with Crippen molar-refractivity contribution in [3.05, 3.63) is 29.8 Å². The molecule has 0 aromatic heterocycles. The van der Waals surface area contributed by atoms with Crippen molar-refractivity contribution in [3.8, 4) is 0 Å². The molecule has 0 unspecified atom stereocenters. The van der Waals surface area contributed by atoms with Crippen molar-refractivity contribution in [2.24, 2.45) is 0 Å². The lowest BCUT2D eigenvalue weighted by atomic mass is 9.95. The molecule has 3 saturated heterocycles. The summed E-state index contributed by atoms with van der Waals surface area (Å²) >= 11 is 0. The summed E-state index contributed by atoms with van der Waals surface area (Å²) in [5.41, 5.74) is -0.845. The van der Waals surface area contributed by atoms with Crippen molar-refractivity contribution in [2.45, 2.75) is 49.6 Å². The molecule has 3 aliphatic heterocycles. The van der Waals surface area contributed by atoms with Crippen LogP contribution >= 0.6 is 0 Å². The molecule has 154 valence electrons. The normalized spacial score (nSPS) is 33.1. The number of hydrogen-bond acceptors (Lipinski definition) is 5. The van der Waals surface area contributed by atoms with Gasteiger partial charge in [0.2, 0.25) is 0 Å². The van der Waals surface area contributed by atoms with E-state index >= 15 is 0 Å². The molecule has 4 rings (SSSR count). The van der Waals surface area contributed by atoms with Gasteiger partial charge in [-0.1, -0.05) is 6.07 Å². The fourth-order valence-electron chi connectivity index (χ4n) is 4.10. The average Bonchev–Trinajstić information content (AvgIpc) is 3.30. The molecule has 0 spiro atoms. The van der Waals surface area contributed by atoms with Crippen LogP contribution in [-0.2, 0) is 15.7 Å². The summed E-state index contributed by atoms with van der Waals surface area (Å²) in [6, 6.07) is 2.54. The molecule has 2 amide bonds. The van der Waals surface area contributed by atoms with Crippen molar-refractivity contribution >= 4 is 11.7 Å². The van der Waals surface area contributed by atoms with E-state index in [2.05, 4.69) is 15.5 Å². The summed E-state index contributed by atoms with van der Waals surface area (Å²) in [5.74, 6) is 0. The van der Waals surface area contributed by atoms with E-state index in [4.69, 9.17) is 9.47 Å². The first-order valence-corrected chi connectivity index (χ1v) is 9.27. The summed E-state index contributed by atoms with van der Waals surface area (Å²) in [4.78, 5) is 14.5. The highest BCUT2D eigenvalue weighted by Gasteiger charge is 2.52.